The van der Waals surface area contributed by atoms with Gasteiger partial charge < -0.3 is 24.3 Å². The lowest BCUT2D eigenvalue weighted by Gasteiger charge is -2.14. The van der Waals surface area contributed by atoms with E-state index in [1.54, 1.807) is 60.7 Å². The maximum Gasteiger partial charge on any atom is 0.271 e. The molecule has 2 amide bonds. The predicted octanol–water partition coefficient (Wildman–Crippen LogP) is 4.15. The Kier molecular flexibility index (Phi) is 8.91. The molecule has 3 rings (SSSR count). The first-order valence-electron chi connectivity index (χ1n) is 10.4. The zero-order chi connectivity index (χ0) is 25.2. The molecule has 9 nitrogen and oxygen atoms in total. The van der Waals surface area contributed by atoms with E-state index < -0.39 is 11.8 Å². The van der Waals surface area contributed by atoms with Gasteiger partial charge in [-0.3, -0.25) is 9.59 Å². The number of halogens is 1. The number of rotatable bonds is 10. The van der Waals surface area contributed by atoms with Gasteiger partial charge in [-0.15, -0.1) is 0 Å². The van der Waals surface area contributed by atoms with Crippen molar-refractivity contribution in [1.82, 2.24) is 5.43 Å². The molecule has 3 aromatic carbocycles. The van der Waals surface area contributed by atoms with Gasteiger partial charge in [-0.05, 0) is 48.0 Å². The fraction of sp³-hybridized carbons (Fsp3) is 0.160. The number of hydrazone groups is 1. The highest BCUT2D eigenvalue weighted by molar-refractivity contribution is 6.32. The van der Waals surface area contributed by atoms with Crippen molar-refractivity contribution < 1.29 is 28.5 Å². The Labute approximate surface area is 207 Å². The molecule has 35 heavy (non-hydrogen) atoms. The number of nitrogens with one attached hydrogen (secondary N) is 2. The number of methoxy groups -OCH3 is 3. The molecule has 0 saturated heterocycles. The van der Waals surface area contributed by atoms with Crippen molar-refractivity contribution in [2.24, 2.45) is 5.10 Å². The minimum Gasteiger partial charge on any atom is -0.497 e. The first-order chi connectivity index (χ1) is 16.9. The first kappa shape index (κ1) is 25.4. The zero-order valence-corrected chi connectivity index (χ0v) is 20.1. The van der Waals surface area contributed by atoms with Crippen molar-refractivity contribution in [1.29, 1.82) is 0 Å². The van der Waals surface area contributed by atoms with E-state index in [0.717, 1.165) is 0 Å². The average molecular weight is 498 g/mol. The number of hydrogen-bond donors (Lipinski definition) is 2. The molecule has 0 bridgehead atoms. The van der Waals surface area contributed by atoms with E-state index >= 15 is 0 Å². The molecule has 0 radical (unpaired) electrons. The topological polar surface area (TPSA) is 107 Å². The molecular formula is C25H24ClN3O6. The van der Waals surface area contributed by atoms with Crippen LogP contribution in [0.2, 0.25) is 5.02 Å². The van der Waals surface area contributed by atoms with Gasteiger partial charge in [0.15, 0.2) is 18.1 Å². The average Bonchev–Trinajstić information content (AvgIpc) is 2.88. The van der Waals surface area contributed by atoms with E-state index in [2.05, 4.69) is 15.8 Å². The van der Waals surface area contributed by atoms with Crippen molar-refractivity contribution in [2.75, 3.05) is 33.3 Å². The second-order valence-corrected chi connectivity index (χ2v) is 7.41. The Hall–Kier alpha value is -4.24. The van der Waals surface area contributed by atoms with Crippen LogP contribution < -0.4 is 29.7 Å². The van der Waals surface area contributed by atoms with Crippen molar-refractivity contribution in [2.45, 2.75) is 0 Å². The molecule has 182 valence electrons. The van der Waals surface area contributed by atoms with Crippen molar-refractivity contribution in [3.63, 3.8) is 0 Å². The predicted molar refractivity (Wildman–Crippen MR) is 133 cm³/mol. The molecule has 0 fully saturated rings. The summed E-state index contributed by atoms with van der Waals surface area (Å²) in [6.07, 6.45) is 1.41. The molecule has 0 spiro atoms. The Bertz CT molecular complexity index is 1230. The minimum absolute atomic E-state index is 0.196. The number of ether oxygens (including phenoxy) is 4. The SMILES string of the molecule is COc1cccc(C(=O)N/N=C/c2cc(Cl)c(OCC(=O)Nc3ccccc3OC)c(OC)c2)c1. The van der Waals surface area contributed by atoms with Gasteiger partial charge in [-0.25, -0.2) is 5.43 Å². The lowest BCUT2D eigenvalue weighted by molar-refractivity contribution is -0.118. The van der Waals surface area contributed by atoms with E-state index in [4.69, 9.17) is 30.5 Å². The maximum absolute atomic E-state index is 12.3. The summed E-state index contributed by atoms with van der Waals surface area (Å²) in [5.41, 5.74) is 3.90. The highest BCUT2D eigenvalue weighted by Gasteiger charge is 2.15. The number of hydrogen-bond acceptors (Lipinski definition) is 7. The van der Waals surface area contributed by atoms with E-state index in [0.29, 0.717) is 34.1 Å². The van der Waals surface area contributed by atoms with Crippen LogP contribution in [0.25, 0.3) is 0 Å². The number of nitrogens with zero attached hydrogens (tertiary/aromatic N) is 1. The van der Waals surface area contributed by atoms with Crippen LogP contribution in [0.4, 0.5) is 5.69 Å². The van der Waals surface area contributed by atoms with Crippen LogP contribution in [-0.4, -0.2) is 46.0 Å². The van der Waals surface area contributed by atoms with Crippen LogP contribution in [0, 0.1) is 0 Å². The summed E-state index contributed by atoms with van der Waals surface area (Å²) in [4.78, 5) is 24.6. The van der Waals surface area contributed by atoms with Gasteiger partial charge in [0, 0.05) is 5.56 Å². The molecular weight excluding hydrogens is 474 g/mol. The molecule has 0 aromatic heterocycles. The molecule has 0 saturated carbocycles. The summed E-state index contributed by atoms with van der Waals surface area (Å²) in [5, 5.41) is 6.88. The summed E-state index contributed by atoms with van der Waals surface area (Å²) in [6, 6.07) is 16.9. The quantitative estimate of drug-likeness (QED) is 0.322. The third-order valence-electron chi connectivity index (χ3n) is 4.69. The van der Waals surface area contributed by atoms with Crippen LogP contribution >= 0.6 is 11.6 Å². The normalized spacial score (nSPS) is 10.5. The third-order valence-corrected chi connectivity index (χ3v) is 4.97. The fourth-order valence-electron chi connectivity index (χ4n) is 3.02. The summed E-state index contributed by atoms with van der Waals surface area (Å²) < 4.78 is 21.3. The van der Waals surface area contributed by atoms with Crippen LogP contribution in [0.15, 0.2) is 65.8 Å². The second kappa shape index (κ2) is 12.3. The second-order valence-electron chi connectivity index (χ2n) is 7.00. The Balaban J connectivity index is 1.64. The number of benzene rings is 3. The number of amides is 2. The minimum atomic E-state index is -0.404. The lowest BCUT2D eigenvalue weighted by atomic mass is 10.2. The monoisotopic (exact) mass is 497 g/mol. The van der Waals surface area contributed by atoms with Gasteiger partial charge in [0.1, 0.15) is 11.5 Å². The van der Waals surface area contributed by atoms with Crippen molar-refractivity contribution in [3.05, 3.63) is 76.8 Å². The van der Waals surface area contributed by atoms with Gasteiger partial charge in [-0.1, -0.05) is 29.8 Å². The lowest BCUT2D eigenvalue weighted by Crippen LogP contribution is -2.20. The Morgan fingerprint density at radius 1 is 0.943 bits per heavy atom. The number of anilines is 1. The Morgan fingerprint density at radius 2 is 1.71 bits per heavy atom. The van der Waals surface area contributed by atoms with Gasteiger partial charge in [-0.2, -0.15) is 5.10 Å². The fourth-order valence-corrected chi connectivity index (χ4v) is 3.29. The van der Waals surface area contributed by atoms with E-state index in [1.165, 1.54) is 27.5 Å². The smallest absolute Gasteiger partial charge is 0.271 e. The molecule has 0 heterocycles. The molecule has 2 N–H and O–H groups in total. The van der Waals surface area contributed by atoms with Crippen molar-refractivity contribution >= 4 is 35.3 Å². The summed E-state index contributed by atoms with van der Waals surface area (Å²) in [6.45, 7) is -0.307. The highest BCUT2D eigenvalue weighted by Crippen LogP contribution is 2.36. The highest BCUT2D eigenvalue weighted by atomic mass is 35.5. The van der Waals surface area contributed by atoms with Gasteiger partial charge in [0.25, 0.3) is 11.8 Å². The molecule has 0 aliphatic carbocycles. The van der Waals surface area contributed by atoms with Gasteiger partial charge in [0.05, 0.1) is 38.3 Å². The Morgan fingerprint density at radius 3 is 2.46 bits per heavy atom. The summed E-state index contributed by atoms with van der Waals surface area (Å²) in [7, 11) is 4.48. The molecule has 0 aliphatic heterocycles. The van der Waals surface area contributed by atoms with Crippen LogP contribution in [0.3, 0.4) is 0 Å². The molecule has 0 unspecified atom stereocenters. The van der Waals surface area contributed by atoms with E-state index in [-0.39, 0.29) is 17.4 Å². The van der Waals surface area contributed by atoms with Crippen molar-refractivity contribution in [3.8, 4) is 23.0 Å². The van der Waals surface area contributed by atoms with E-state index in [9.17, 15) is 9.59 Å². The molecule has 0 atom stereocenters. The van der Waals surface area contributed by atoms with Crippen LogP contribution in [0.5, 0.6) is 23.0 Å². The summed E-state index contributed by atoms with van der Waals surface area (Å²) >= 11 is 6.36. The van der Waals surface area contributed by atoms with Crippen LogP contribution in [0.1, 0.15) is 15.9 Å². The maximum atomic E-state index is 12.3. The van der Waals surface area contributed by atoms with Gasteiger partial charge >= 0.3 is 0 Å². The van der Waals surface area contributed by atoms with Gasteiger partial charge in [0.2, 0.25) is 0 Å². The standard InChI is InChI=1S/C25H24ClN3O6/c1-32-18-8-6-7-17(13-18)25(31)29-27-14-16-11-19(26)24(22(12-16)34-3)35-15-23(30)28-20-9-4-5-10-21(20)33-2/h4-14H,15H2,1-3H3,(H,28,30)(H,29,31)/b27-14+. The van der Waals surface area contributed by atoms with Crippen LogP contribution in [-0.2, 0) is 4.79 Å². The molecule has 0 aliphatic rings. The molecule has 10 heteroatoms. The molecule has 3 aromatic rings. The van der Waals surface area contributed by atoms with E-state index in [1.807, 2.05) is 0 Å². The third kappa shape index (κ3) is 6.87. The zero-order valence-electron chi connectivity index (χ0n) is 19.3. The number of carbonyl (C=O) groups is 2. The number of para-hydroxylation sites is 2. The number of carbonyl (C=O) groups excluding carboxylic acids is 2. The first-order valence-corrected chi connectivity index (χ1v) is 10.7. The summed E-state index contributed by atoms with van der Waals surface area (Å²) in [5.74, 6) is 0.770. The largest absolute Gasteiger partial charge is 0.497 e.